The van der Waals surface area contributed by atoms with Crippen LogP contribution < -0.4 is 10.2 Å². The number of pyridine rings is 2. The first-order valence-electron chi connectivity index (χ1n) is 11.3. The summed E-state index contributed by atoms with van der Waals surface area (Å²) in [6.45, 7) is 3.46. The molecule has 182 valence electrons. The Bertz CT molecular complexity index is 1500. The van der Waals surface area contributed by atoms with Crippen molar-refractivity contribution in [2.24, 2.45) is 0 Å². The molecule has 4 aromatic rings. The number of amides is 1. The zero-order chi connectivity index (χ0) is 25.4. The van der Waals surface area contributed by atoms with Crippen LogP contribution >= 0.6 is 0 Å². The van der Waals surface area contributed by atoms with Gasteiger partial charge in [0.25, 0.3) is 5.91 Å². The molecule has 1 fully saturated rings. The van der Waals surface area contributed by atoms with Crippen molar-refractivity contribution in [1.82, 2.24) is 14.4 Å². The number of fused-ring (bicyclic) bond motifs is 1. The van der Waals surface area contributed by atoms with Gasteiger partial charge >= 0.3 is 6.18 Å². The fourth-order valence-corrected chi connectivity index (χ4v) is 4.58. The van der Waals surface area contributed by atoms with Gasteiger partial charge in [-0.15, -0.1) is 0 Å². The lowest BCUT2D eigenvalue weighted by molar-refractivity contribution is -0.137. The fourth-order valence-electron chi connectivity index (χ4n) is 4.58. The summed E-state index contributed by atoms with van der Waals surface area (Å²) in [4.78, 5) is 23.1. The van der Waals surface area contributed by atoms with Gasteiger partial charge in [0.05, 0.1) is 29.2 Å². The van der Waals surface area contributed by atoms with Crippen LogP contribution in [0.15, 0.2) is 61.2 Å². The van der Waals surface area contributed by atoms with Crippen LogP contribution in [0, 0.1) is 18.3 Å². The van der Waals surface area contributed by atoms with E-state index < -0.39 is 17.6 Å². The summed E-state index contributed by atoms with van der Waals surface area (Å²) < 4.78 is 40.8. The van der Waals surface area contributed by atoms with Crippen molar-refractivity contribution < 1.29 is 18.0 Å². The van der Waals surface area contributed by atoms with Crippen LogP contribution in [0.2, 0.25) is 0 Å². The van der Waals surface area contributed by atoms with Crippen molar-refractivity contribution in [1.29, 1.82) is 5.26 Å². The second-order valence-corrected chi connectivity index (χ2v) is 8.79. The van der Waals surface area contributed by atoms with Gasteiger partial charge in [-0.1, -0.05) is 6.07 Å². The van der Waals surface area contributed by atoms with Gasteiger partial charge in [-0.25, -0.2) is 4.98 Å². The number of benzene rings is 1. The molecule has 1 amide bonds. The van der Waals surface area contributed by atoms with Crippen LogP contribution in [0.25, 0.3) is 5.65 Å². The lowest BCUT2D eigenvalue weighted by Gasteiger charge is -2.19. The third kappa shape index (κ3) is 4.47. The maximum absolute atomic E-state index is 13.0. The topological polar surface area (TPSA) is 86.3 Å². The summed E-state index contributed by atoms with van der Waals surface area (Å²) in [7, 11) is 0. The molecule has 5 rings (SSSR count). The average molecular weight is 490 g/mol. The molecule has 1 N–H and O–H groups in total. The molecular formula is C26H21F3N6O. The van der Waals surface area contributed by atoms with Crippen molar-refractivity contribution in [2.45, 2.75) is 25.4 Å². The average Bonchev–Trinajstić information content (AvgIpc) is 3.50. The third-order valence-corrected chi connectivity index (χ3v) is 6.43. The molecule has 1 aromatic carbocycles. The molecule has 36 heavy (non-hydrogen) atoms. The Morgan fingerprint density at radius 3 is 2.78 bits per heavy atom. The van der Waals surface area contributed by atoms with E-state index in [4.69, 9.17) is 0 Å². The van der Waals surface area contributed by atoms with Crippen molar-refractivity contribution in [2.75, 3.05) is 23.3 Å². The Morgan fingerprint density at radius 1 is 1.17 bits per heavy atom. The SMILES string of the molecule is Cc1ccc(C(=O)Nc2cncc(C(F)(F)F)c2)cc1C1CCN(c2cnc3ccc(C#N)cn23)C1. The number of anilines is 2. The van der Waals surface area contributed by atoms with Crippen molar-refractivity contribution in [3.63, 3.8) is 0 Å². The number of nitrogens with zero attached hydrogens (tertiary/aromatic N) is 5. The fraction of sp³-hybridized carbons (Fsp3) is 0.231. The second-order valence-electron chi connectivity index (χ2n) is 8.79. The standard InChI is InChI=1S/C26H21F3N6O/c1-16-2-4-18(25(36)33-21-9-20(11-31-12-21)26(27,28)29)8-22(16)19-6-7-34(15-19)24-13-32-23-5-3-17(10-30)14-35(23)24/h2-5,8-9,11-14,19H,6-7,15H2,1H3,(H,33,36). The minimum atomic E-state index is -4.55. The van der Waals surface area contributed by atoms with E-state index >= 15 is 0 Å². The molecule has 1 aliphatic heterocycles. The molecule has 0 saturated carbocycles. The van der Waals surface area contributed by atoms with E-state index in [2.05, 4.69) is 26.3 Å². The number of alkyl halides is 3. The molecule has 1 saturated heterocycles. The molecule has 7 nitrogen and oxygen atoms in total. The number of aryl methyl sites for hydroxylation is 1. The Kier molecular flexibility index (Phi) is 5.84. The maximum Gasteiger partial charge on any atom is 0.417 e. The smallest absolute Gasteiger partial charge is 0.356 e. The Morgan fingerprint density at radius 2 is 2.00 bits per heavy atom. The quantitative estimate of drug-likeness (QED) is 0.426. The number of carbonyl (C=O) groups excluding carboxylic acids is 1. The lowest BCUT2D eigenvalue weighted by atomic mass is 9.92. The number of nitrogens with one attached hydrogen (secondary N) is 1. The lowest BCUT2D eigenvalue weighted by Crippen LogP contribution is -2.21. The predicted octanol–water partition coefficient (Wildman–Crippen LogP) is 5.17. The number of hydrogen-bond donors (Lipinski definition) is 1. The number of rotatable bonds is 4. The van der Waals surface area contributed by atoms with E-state index in [9.17, 15) is 23.2 Å². The molecule has 4 heterocycles. The van der Waals surface area contributed by atoms with Gasteiger partial charge < -0.3 is 10.2 Å². The summed E-state index contributed by atoms with van der Waals surface area (Å²) in [5.41, 5.74) is 2.76. The largest absolute Gasteiger partial charge is 0.417 e. The Balaban J connectivity index is 1.35. The minimum absolute atomic E-state index is 0.0201. The molecule has 10 heteroatoms. The normalized spacial score (nSPS) is 15.8. The highest BCUT2D eigenvalue weighted by atomic mass is 19.4. The van der Waals surface area contributed by atoms with E-state index in [0.29, 0.717) is 17.7 Å². The zero-order valence-electron chi connectivity index (χ0n) is 19.3. The van der Waals surface area contributed by atoms with Crippen LogP contribution in [0.3, 0.4) is 0 Å². The van der Waals surface area contributed by atoms with Gasteiger partial charge in [0.15, 0.2) is 0 Å². The van der Waals surface area contributed by atoms with E-state index in [1.807, 2.05) is 29.5 Å². The minimum Gasteiger partial charge on any atom is -0.356 e. The monoisotopic (exact) mass is 490 g/mol. The van der Waals surface area contributed by atoms with Gasteiger partial charge in [0.2, 0.25) is 0 Å². The number of aromatic nitrogens is 3. The first kappa shape index (κ1) is 23.4. The Labute approximate surface area is 204 Å². The van der Waals surface area contributed by atoms with Gasteiger partial charge in [0.1, 0.15) is 17.5 Å². The van der Waals surface area contributed by atoms with Gasteiger partial charge in [-0.3, -0.25) is 14.2 Å². The first-order chi connectivity index (χ1) is 17.2. The molecule has 0 bridgehead atoms. The molecule has 1 aliphatic rings. The van der Waals surface area contributed by atoms with Crippen LogP contribution in [0.1, 0.15) is 45.0 Å². The highest BCUT2D eigenvalue weighted by molar-refractivity contribution is 6.04. The first-order valence-corrected chi connectivity index (χ1v) is 11.3. The van der Waals surface area contributed by atoms with Gasteiger partial charge in [-0.05, 0) is 54.8 Å². The molecular weight excluding hydrogens is 469 g/mol. The van der Waals surface area contributed by atoms with Crippen LogP contribution in [0.4, 0.5) is 24.7 Å². The number of halogens is 3. The number of imidazole rings is 1. The molecule has 3 aromatic heterocycles. The predicted molar refractivity (Wildman–Crippen MR) is 128 cm³/mol. The van der Waals surface area contributed by atoms with Gasteiger partial charge in [-0.2, -0.15) is 18.4 Å². The summed E-state index contributed by atoms with van der Waals surface area (Å²) in [5.74, 6) is 0.545. The zero-order valence-corrected chi connectivity index (χ0v) is 19.3. The highest BCUT2D eigenvalue weighted by Crippen LogP contribution is 2.34. The summed E-state index contributed by atoms with van der Waals surface area (Å²) in [6, 6.07) is 11.9. The van der Waals surface area contributed by atoms with Crippen LogP contribution in [0.5, 0.6) is 0 Å². The number of carbonyl (C=O) groups is 1. The molecule has 1 unspecified atom stereocenters. The molecule has 0 spiro atoms. The summed E-state index contributed by atoms with van der Waals surface area (Å²) >= 11 is 0. The summed E-state index contributed by atoms with van der Waals surface area (Å²) in [6.07, 6.45) is 1.77. The Hall–Kier alpha value is -4.39. The van der Waals surface area contributed by atoms with Crippen molar-refractivity contribution in [3.8, 4) is 6.07 Å². The van der Waals surface area contributed by atoms with Crippen LogP contribution in [-0.4, -0.2) is 33.4 Å². The van der Waals surface area contributed by atoms with Crippen molar-refractivity contribution >= 4 is 23.1 Å². The molecule has 0 radical (unpaired) electrons. The summed E-state index contributed by atoms with van der Waals surface area (Å²) in [5, 5.41) is 11.8. The highest BCUT2D eigenvalue weighted by Gasteiger charge is 2.31. The molecule has 1 atom stereocenters. The van der Waals surface area contributed by atoms with Gasteiger partial charge in [0, 0.05) is 37.0 Å². The second kappa shape index (κ2) is 9.00. The van der Waals surface area contributed by atoms with E-state index in [1.165, 1.54) is 6.20 Å². The number of nitriles is 1. The third-order valence-electron chi connectivity index (χ3n) is 6.43. The van der Waals surface area contributed by atoms with E-state index in [-0.39, 0.29) is 11.6 Å². The van der Waals surface area contributed by atoms with Crippen LogP contribution in [-0.2, 0) is 6.18 Å². The van der Waals surface area contributed by atoms with Crippen molar-refractivity contribution in [3.05, 3.63) is 89.0 Å². The van der Waals surface area contributed by atoms with E-state index in [0.717, 1.165) is 47.8 Å². The number of hydrogen-bond acceptors (Lipinski definition) is 5. The molecule has 0 aliphatic carbocycles. The maximum atomic E-state index is 13.0. The van der Waals surface area contributed by atoms with E-state index in [1.54, 1.807) is 24.5 Å².